The van der Waals surface area contributed by atoms with Crippen molar-refractivity contribution in [1.82, 2.24) is 4.31 Å². The van der Waals surface area contributed by atoms with Crippen LogP contribution in [0.2, 0.25) is 10.0 Å². The number of hydrogen-bond donors (Lipinski definition) is 0. The van der Waals surface area contributed by atoms with Gasteiger partial charge in [-0.25, -0.2) is 8.42 Å². The van der Waals surface area contributed by atoms with E-state index in [4.69, 9.17) is 34.8 Å². The highest BCUT2D eigenvalue weighted by Crippen LogP contribution is 2.35. The van der Waals surface area contributed by atoms with E-state index in [2.05, 4.69) is 0 Å². The van der Waals surface area contributed by atoms with Gasteiger partial charge in [-0.05, 0) is 31.4 Å². The van der Waals surface area contributed by atoms with Crippen LogP contribution in [0, 0.1) is 0 Å². The second kappa shape index (κ2) is 7.05. The van der Waals surface area contributed by atoms with Gasteiger partial charge < -0.3 is 0 Å². The summed E-state index contributed by atoms with van der Waals surface area (Å²) in [5, 5.41) is 0.526. The standard InChI is InChI=1S/C14H18Cl3NO2S/c1-2-10-5-3-4-8-18(10)21(19,20)13-7-6-12(16)11(9-15)14(13)17/h6-7,10H,2-5,8-9H2,1H3. The summed E-state index contributed by atoms with van der Waals surface area (Å²) >= 11 is 18.1. The van der Waals surface area contributed by atoms with Crippen molar-refractivity contribution in [3.63, 3.8) is 0 Å². The molecule has 1 aromatic rings. The lowest BCUT2D eigenvalue weighted by Gasteiger charge is -2.34. The zero-order valence-electron chi connectivity index (χ0n) is 11.8. The SMILES string of the molecule is CCC1CCCCN1S(=O)(=O)c1ccc(Cl)c(CCl)c1Cl. The van der Waals surface area contributed by atoms with Crippen molar-refractivity contribution >= 4 is 44.8 Å². The molecule has 7 heteroatoms. The highest BCUT2D eigenvalue weighted by molar-refractivity contribution is 7.89. The van der Waals surface area contributed by atoms with Gasteiger partial charge in [0.05, 0.1) is 10.9 Å². The van der Waals surface area contributed by atoms with Crippen molar-refractivity contribution in [3.8, 4) is 0 Å². The summed E-state index contributed by atoms with van der Waals surface area (Å²) in [7, 11) is -3.62. The van der Waals surface area contributed by atoms with Gasteiger partial charge in [-0.3, -0.25) is 0 Å². The number of benzene rings is 1. The minimum atomic E-state index is -3.62. The molecule has 1 aromatic carbocycles. The van der Waals surface area contributed by atoms with Crippen molar-refractivity contribution in [2.45, 2.75) is 49.4 Å². The molecule has 118 valence electrons. The highest BCUT2D eigenvalue weighted by Gasteiger charge is 2.34. The molecule has 1 fully saturated rings. The van der Waals surface area contributed by atoms with Gasteiger partial charge in [-0.1, -0.05) is 36.5 Å². The third-order valence-electron chi connectivity index (χ3n) is 3.92. The quantitative estimate of drug-likeness (QED) is 0.721. The summed E-state index contributed by atoms with van der Waals surface area (Å²) < 4.78 is 27.4. The Balaban J connectivity index is 2.49. The Labute approximate surface area is 141 Å². The molecule has 1 atom stereocenters. The Morgan fingerprint density at radius 1 is 1.29 bits per heavy atom. The summed E-state index contributed by atoms with van der Waals surface area (Å²) in [6.07, 6.45) is 3.63. The maximum absolute atomic E-state index is 12.9. The van der Waals surface area contributed by atoms with Crippen LogP contribution in [0.25, 0.3) is 0 Å². The van der Waals surface area contributed by atoms with Gasteiger partial charge >= 0.3 is 0 Å². The number of rotatable bonds is 4. The normalized spacial score (nSPS) is 20.7. The van der Waals surface area contributed by atoms with Crippen LogP contribution in [-0.4, -0.2) is 25.3 Å². The van der Waals surface area contributed by atoms with Crippen molar-refractivity contribution in [1.29, 1.82) is 0 Å². The van der Waals surface area contributed by atoms with Gasteiger partial charge in [0.15, 0.2) is 0 Å². The Kier molecular flexibility index (Phi) is 5.83. The molecule has 0 saturated carbocycles. The van der Waals surface area contributed by atoms with E-state index >= 15 is 0 Å². The van der Waals surface area contributed by atoms with Gasteiger partial charge in [0.25, 0.3) is 0 Å². The lowest BCUT2D eigenvalue weighted by molar-refractivity contribution is 0.246. The Morgan fingerprint density at radius 3 is 2.62 bits per heavy atom. The zero-order valence-corrected chi connectivity index (χ0v) is 14.9. The van der Waals surface area contributed by atoms with Gasteiger partial charge in [0.1, 0.15) is 4.90 Å². The van der Waals surface area contributed by atoms with Crippen LogP contribution in [0.4, 0.5) is 0 Å². The van der Waals surface area contributed by atoms with E-state index in [1.165, 1.54) is 6.07 Å². The second-order valence-electron chi connectivity index (χ2n) is 5.15. The third kappa shape index (κ3) is 3.35. The lowest BCUT2D eigenvalue weighted by Crippen LogP contribution is -2.43. The van der Waals surface area contributed by atoms with E-state index in [-0.39, 0.29) is 21.8 Å². The van der Waals surface area contributed by atoms with Crippen LogP contribution >= 0.6 is 34.8 Å². The van der Waals surface area contributed by atoms with Crippen molar-refractivity contribution in [2.75, 3.05) is 6.54 Å². The number of nitrogens with zero attached hydrogens (tertiary/aromatic N) is 1. The molecule has 1 heterocycles. The minimum Gasteiger partial charge on any atom is -0.207 e. The molecule has 0 aliphatic carbocycles. The van der Waals surface area contributed by atoms with Gasteiger partial charge in [0.2, 0.25) is 10.0 Å². The van der Waals surface area contributed by atoms with Crippen LogP contribution < -0.4 is 0 Å². The van der Waals surface area contributed by atoms with E-state index in [0.29, 0.717) is 17.1 Å². The monoisotopic (exact) mass is 369 g/mol. The molecule has 0 N–H and O–H groups in total. The number of sulfonamides is 1. The van der Waals surface area contributed by atoms with Crippen LogP contribution in [0.3, 0.4) is 0 Å². The second-order valence-corrected chi connectivity index (χ2v) is 8.06. The first-order valence-electron chi connectivity index (χ1n) is 6.98. The fraction of sp³-hybridized carbons (Fsp3) is 0.571. The maximum atomic E-state index is 12.9. The number of hydrogen-bond acceptors (Lipinski definition) is 2. The summed E-state index contributed by atoms with van der Waals surface area (Å²) in [6, 6.07) is 3.05. The first-order chi connectivity index (χ1) is 9.93. The number of halogens is 3. The molecular weight excluding hydrogens is 353 g/mol. The predicted octanol–water partition coefficient (Wildman–Crippen LogP) is 4.69. The third-order valence-corrected chi connectivity index (χ3v) is 7.07. The molecule has 1 aliphatic rings. The van der Waals surface area contributed by atoms with Crippen molar-refractivity contribution in [2.24, 2.45) is 0 Å². The van der Waals surface area contributed by atoms with E-state index in [9.17, 15) is 8.42 Å². The Morgan fingerprint density at radius 2 is 2.00 bits per heavy atom. The predicted molar refractivity (Wildman–Crippen MR) is 87.8 cm³/mol. The summed E-state index contributed by atoms with van der Waals surface area (Å²) in [6.45, 7) is 2.54. The van der Waals surface area contributed by atoms with Crippen LogP contribution in [0.5, 0.6) is 0 Å². The lowest BCUT2D eigenvalue weighted by atomic mass is 10.0. The van der Waals surface area contributed by atoms with E-state index in [1.807, 2.05) is 6.92 Å². The first-order valence-corrected chi connectivity index (χ1v) is 9.71. The molecule has 21 heavy (non-hydrogen) atoms. The van der Waals surface area contributed by atoms with Crippen molar-refractivity contribution < 1.29 is 8.42 Å². The zero-order chi connectivity index (χ0) is 15.6. The Bertz CT molecular complexity index is 619. The summed E-state index contributed by atoms with van der Waals surface area (Å²) in [5.41, 5.74) is 0.464. The van der Waals surface area contributed by atoms with Crippen LogP contribution in [0.15, 0.2) is 17.0 Å². The minimum absolute atomic E-state index is 0.0370. The number of piperidine rings is 1. The fourth-order valence-corrected chi connectivity index (χ4v) is 5.79. The Hall–Kier alpha value is -0.000000000000000167. The maximum Gasteiger partial charge on any atom is 0.244 e. The molecular formula is C14H18Cl3NO2S. The van der Waals surface area contributed by atoms with E-state index in [1.54, 1.807) is 10.4 Å². The summed E-state index contributed by atoms with van der Waals surface area (Å²) in [4.78, 5) is 0.101. The average molecular weight is 371 g/mol. The molecule has 0 spiro atoms. The molecule has 2 rings (SSSR count). The van der Waals surface area contributed by atoms with E-state index < -0.39 is 10.0 Å². The van der Waals surface area contributed by atoms with Crippen molar-refractivity contribution in [3.05, 3.63) is 27.7 Å². The highest BCUT2D eigenvalue weighted by atomic mass is 35.5. The van der Waals surface area contributed by atoms with Gasteiger partial charge in [-0.2, -0.15) is 4.31 Å². The number of alkyl halides is 1. The summed E-state index contributed by atoms with van der Waals surface area (Å²) in [5.74, 6) is 0.0816. The molecule has 1 saturated heterocycles. The smallest absolute Gasteiger partial charge is 0.207 e. The fourth-order valence-electron chi connectivity index (χ4n) is 2.72. The molecule has 0 amide bonds. The average Bonchev–Trinajstić information content (AvgIpc) is 2.47. The molecule has 0 aromatic heterocycles. The van der Waals surface area contributed by atoms with Crippen LogP contribution in [-0.2, 0) is 15.9 Å². The van der Waals surface area contributed by atoms with Crippen LogP contribution in [0.1, 0.15) is 38.2 Å². The topological polar surface area (TPSA) is 37.4 Å². The van der Waals surface area contributed by atoms with Gasteiger partial charge in [0, 0.05) is 23.2 Å². The molecule has 1 unspecified atom stereocenters. The molecule has 3 nitrogen and oxygen atoms in total. The first kappa shape index (κ1) is 17.4. The molecule has 0 radical (unpaired) electrons. The van der Waals surface area contributed by atoms with Gasteiger partial charge in [-0.15, -0.1) is 11.6 Å². The molecule has 1 aliphatic heterocycles. The molecule has 0 bridgehead atoms. The largest absolute Gasteiger partial charge is 0.244 e. The van der Waals surface area contributed by atoms with E-state index in [0.717, 1.165) is 25.7 Å².